The SMILES string of the molecule is O=C(Nc1sc2c(c1C(=O)NCC1CCCO1)CCCC2)c1ccc(Cl)cc1Cl. The molecule has 2 heterocycles. The largest absolute Gasteiger partial charge is 0.376 e. The van der Waals surface area contributed by atoms with Crippen molar-refractivity contribution < 1.29 is 14.3 Å². The Kier molecular flexibility index (Phi) is 6.44. The third-order valence-electron chi connectivity index (χ3n) is 5.32. The summed E-state index contributed by atoms with van der Waals surface area (Å²) in [6.07, 6.45) is 5.99. The van der Waals surface area contributed by atoms with Gasteiger partial charge in [-0.15, -0.1) is 11.3 Å². The fraction of sp³-hybridized carbons (Fsp3) is 0.429. The summed E-state index contributed by atoms with van der Waals surface area (Å²) in [5, 5.41) is 7.24. The lowest BCUT2D eigenvalue weighted by molar-refractivity contribution is 0.0858. The molecule has 2 N–H and O–H groups in total. The Balaban J connectivity index is 1.57. The van der Waals surface area contributed by atoms with E-state index in [2.05, 4.69) is 10.6 Å². The van der Waals surface area contributed by atoms with Gasteiger partial charge in [-0.05, 0) is 62.3 Å². The molecule has 1 saturated heterocycles. The van der Waals surface area contributed by atoms with Gasteiger partial charge >= 0.3 is 0 Å². The van der Waals surface area contributed by atoms with Crippen LogP contribution in [0.1, 0.15) is 56.8 Å². The fourth-order valence-electron chi connectivity index (χ4n) is 3.84. The van der Waals surface area contributed by atoms with Crippen LogP contribution in [0, 0.1) is 0 Å². The van der Waals surface area contributed by atoms with Crippen molar-refractivity contribution in [3.05, 3.63) is 49.8 Å². The summed E-state index contributed by atoms with van der Waals surface area (Å²) in [7, 11) is 0. The van der Waals surface area contributed by atoms with Gasteiger partial charge in [0.15, 0.2) is 0 Å². The van der Waals surface area contributed by atoms with Crippen molar-refractivity contribution in [3.8, 4) is 0 Å². The molecule has 29 heavy (non-hydrogen) atoms. The second-order valence-corrected chi connectivity index (χ2v) is 9.29. The number of amides is 2. The summed E-state index contributed by atoms with van der Waals surface area (Å²) in [5.41, 5.74) is 1.97. The number of ether oxygens (including phenoxy) is 1. The number of anilines is 1. The molecule has 1 atom stereocenters. The second kappa shape index (κ2) is 9.04. The number of halogens is 2. The van der Waals surface area contributed by atoms with Crippen LogP contribution >= 0.6 is 34.5 Å². The maximum Gasteiger partial charge on any atom is 0.257 e. The molecule has 0 spiro atoms. The smallest absolute Gasteiger partial charge is 0.257 e. The number of rotatable bonds is 5. The van der Waals surface area contributed by atoms with E-state index in [9.17, 15) is 9.59 Å². The monoisotopic (exact) mass is 452 g/mol. The first-order chi connectivity index (χ1) is 14.0. The lowest BCUT2D eigenvalue weighted by atomic mass is 9.95. The van der Waals surface area contributed by atoms with Gasteiger partial charge in [0.2, 0.25) is 0 Å². The summed E-state index contributed by atoms with van der Waals surface area (Å²) in [6.45, 7) is 1.23. The number of benzene rings is 1. The highest BCUT2D eigenvalue weighted by molar-refractivity contribution is 7.17. The summed E-state index contributed by atoms with van der Waals surface area (Å²) in [6, 6.07) is 4.74. The maximum atomic E-state index is 13.0. The average molecular weight is 453 g/mol. The quantitative estimate of drug-likeness (QED) is 0.663. The van der Waals surface area contributed by atoms with Gasteiger partial charge in [0.25, 0.3) is 11.8 Å². The van der Waals surface area contributed by atoms with Crippen LogP contribution in [0.25, 0.3) is 0 Å². The number of carbonyl (C=O) groups is 2. The van der Waals surface area contributed by atoms with Gasteiger partial charge in [0.05, 0.1) is 22.3 Å². The first kappa shape index (κ1) is 20.7. The number of aryl methyl sites for hydroxylation is 1. The van der Waals surface area contributed by atoms with Crippen LogP contribution < -0.4 is 10.6 Å². The van der Waals surface area contributed by atoms with E-state index >= 15 is 0 Å². The van der Waals surface area contributed by atoms with Gasteiger partial charge in [0, 0.05) is 23.1 Å². The Morgan fingerprint density at radius 2 is 1.97 bits per heavy atom. The molecule has 2 aromatic rings. The number of hydrogen-bond donors (Lipinski definition) is 2. The highest BCUT2D eigenvalue weighted by Gasteiger charge is 2.27. The van der Waals surface area contributed by atoms with Crippen molar-refractivity contribution in [2.24, 2.45) is 0 Å². The van der Waals surface area contributed by atoms with Crippen molar-refractivity contribution >= 4 is 51.4 Å². The van der Waals surface area contributed by atoms with Crippen LogP contribution in [0.2, 0.25) is 10.0 Å². The minimum atomic E-state index is -0.349. The molecule has 1 aliphatic heterocycles. The van der Waals surface area contributed by atoms with E-state index in [4.69, 9.17) is 27.9 Å². The maximum absolute atomic E-state index is 13.0. The highest BCUT2D eigenvalue weighted by atomic mass is 35.5. The van der Waals surface area contributed by atoms with Gasteiger partial charge in [-0.1, -0.05) is 23.2 Å². The average Bonchev–Trinajstić information content (AvgIpc) is 3.33. The normalized spacial score (nSPS) is 18.3. The first-order valence-corrected chi connectivity index (χ1v) is 11.4. The van der Waals surface area contributed by atoms with Crippen LogP contribution in [-0.4, -0.2) is 31.1 Å². The van der Waals surface area contributed by atoms with Gasteiger partial charge in [-0.2, -0.15) is 0 Å². The fourth-order valence-corrected chi connectivity index (χ4v) is 5.61. The van der Waals surface area contributed by atoms with Crippen molar-refractivity contribution in [3.63, 3.8) is 0 Å². The number of fused-ring (bicyclic) bond motifs is 1. The molecule has 2 amide bonds. The Bertz CT molecular complexity index is 938. The minimum absolute atomic E-state index is 0.0688. The van der Waals surface area contributed by atoms with Gasteiger partial charge in [-0.25, -0.2) is 0 Å². The van der Waals surface area contributed by atoms with E-state index in [1.165, 1.54) is 22.3 Å². The Hall–Kier alpha value is -1.60. The lowest BCUT2D eigenvalue weighted by Gasteiger charge is -2.15. The van der Waals surface area contributed by atoms with Gasteiger partial charge < -0.3 is 15.4 Å². The molecule has 1 aromatic heterocycles. The van der Waals surface area contributed by atoms with Crippen LogP contribution in [0.4, 0.5) is 5.00 Å². The van der Waals surface area contributed by atoms with Crippen LogP contribution in [0.3, 0.4) is 0 Å². The second-order valence-electron chi connectivity index (χ2n) is 7.34. The van der Waals surface area contributed by atoms with Crippen molar-refractivity contribution in [2.45, 2.75) is 44.6 Å². The van der Waals surface area contributed by atoms with E-state index in [0.717, 1.165) is 50.7 Å². The lowest BCUT2D eigenvalue weighted by Crippen LogP contribution is -2.32. The molecular weight excluding hydrogens is 431 g/mol. The van der Waals surface area contributed by atoms with E-state index in [1.807, 2.05) is 0 Å². The molecular formula is C21H22Cl2N2O3S. The van der Waals surface area contributed by atoms with Crippen LogP contribution in [-0.2, 0) is 17.6 Å². The predicted octanol–water partition coefficient (Wildman–Crippen LogP) is 5.09. The van der Waals surface area contributed by atoms with Crippen LogP contribution in [0.15, 0.2) is 18.2 Å². The molecule has 0 saturated carbocycles. The van der Waals surface area contributed by atoms with Crippen molar-refractivity contribution in [1.29, 1.82) is 0 Å². The summed E-state index contributed by atoms with van der Waals surface area (Å²) in [4.78, 5) is 27.0. The third-order valence-corrected chi connectivity index (χ3v) is 7.07. The zero-order valence-electron chi connectivity index (χ0n) is 15.9. The number of thiophene rings is 1. The third kappa shape index (κ3) is 4.61. The minimum Gasteiger partial charge on any atom is -0.376 e. The molecule has 1 aromatic carbocycles. The molecule has 0 bridgehead atoms. The van der Waals surface area contributed by atoms with Crippen molar-refractivity contribution in [2.75, 3.05) is 18.5 Å². The summed E-state index contributed by atoms with van der Waals surface area (Å²) >= 11 is 13.6. The Labute approximate surface area is 183 Å². The topological polar surface area (TPSA) is 67.4 Å². The van der Waals surface area contributed by atoms with E-state index in [-0.39, 0.29) is 22.9 Å². The van der Waals surface area contributed by atoms with Gasteiger partial charge in [-0.3, -0.25) is 9.59 Å². The van der Waals surface area contributed by atoms with Crippen molar-refractivity contribution in [1.82, 2.24) is 5.32 Å². The molecule has 4 rings (SSSR count). The summed E-state index contributed by atoms with van der Waals surface area (Å²) < 4.78 is 5.60. The molecule has 1 aliphatic carbocycles. The highest BCUT2D eigenvalue weighted by Crippen LogP contribution is 2.38. The number of hydrogen-bond acceptors (Lipinski definition) is 4. The molecule has 1 unspecified atom stereocenters. The molecule has 2 aliphatic rings. The standard InChI is InChI=1S/C21H22Cl2N2O3S/c22-12-7-8-14(16(23)10-12)19(26)25-21-18(15-5-1-2-6-17(15)29-21)20(27)24-11-13-4-3-9-28-13/h7-8,10,13H,1-6,9,11H2,(H,24,27)(H,25,26). The molecule has 1 fully saturated rings. The zero-order chi connectivity index (χ0) is 20.4. The molecule has 154 valence electrons. The zero-order valence-corrected chi connectivity index (χ0v) is 18.2. The summed E-state index contributed by atoms with van der Waals surface area (Å²) in [5.74, 6) is -0.504. The number of carbonyl (C=O) groups excluding carboxylic acids is 2. The molecule has 5 nitrogen and oxygen atoms in total. The first-order valence-electron chi connectivity index (χ1n) is 9.83. The Morgan fingerprint density at radius 3 is 2.72 bits per heavy atom. The molecule has 0 radical (unpaired) electrons. The van der Waals surface area contributed by atoms with E-state index in [0.29, 0.717) is 27.7 Å². The van der Waals surface area contributed by atoms with Gasteiger partial charge in [0.1, 0.15) is 5.00 Å². The Morgan fingerprint density at radius 1 is 1.14 bits per heavy atom. The number of nitrogens with one attached hydrogen (secondary N) is 2. The predicted molar refractivity (Wildman–Crippen MR) is 117 cm³/mol. The van der Waals surface area contributed by atoms with E-state index in [1.54, 1.807) is 12.1 Å². The van der Waals surface area contributed by atoms with Crippen LogP contribution in [0.5, 0.6) is 0 Å². The van der Waals surface area contributed by atoms with E-state index < -0.39 is 0 Å². The molecule has 8 heteroatoms.